The van der Waals surface area contributed by atoms with Gasteiger partial charge in [-0.15, -0.1) is 0 Å². The molecular weight excluding hydrogens is 1580 g/mol. The van der Waals surface area contributed by atoms with Crippen LogP contribution in [0, 0.1) is 5.92 Å². The molecule has 17 atom stereocenters. The van der Waals surface area contributed by atoms with E-state index in [0.717, 1.165) is 16.7 Å². The molecule has 16 amide bonds. The first-order valence-corrected chi connectivity index (χ1v) is 42.0. The number of rotatable bonds is 59. The normalized spacial score (nSPS) is 17.7. The zero-order valence-electron chi connectivity index (χ0n) is 72.0. The average molecular weight is 1730 g/mol. The number of aliphatic hydroxyl groups is 2. The van der Waals surface area contributed by atoms with E-state index in [2.05, 4.69) is 97.0 Å². The number of quaternary nitrogens is 4. The van der Waals surface area contributed by atoms with Crippen LogP contribution in [-0.2, 0) is 81.5 Å². The Balaban J connectivity index is 2.34. The van der Waals surface area contributed by atoms with E-state index in [1.807, 2.05) is 14.1 Å². The van der Waals surface area contributed by atoms with Gasteiger partial charge in [0.15, 0.2) is 6.04 Å². The van der Waals surface area contributed by atoms with Gasteiger partial charge in [-0.1, -0.05) is 13.8 Å². The molecule has 2 heterocycles. The molecule has 38 N–H and O–H groups in total. The molecule has 690 valence electrons. The summed E-state index contributed by atoms with van der Waals surface area (Å²) in [6, 6.07) is -21.5. The number of carbonyl (C=O) groups excluding carboxylic acids is 16. The largest absolute Gasteiger partial charge is 0.480 e. The van der Waals surface area contributed by atoms with Crippen molar-refractivity contribution in [2.75, 3.05) is 66.5 Å². The van der Waals surface area contributed by atoms with Crippen LogP contribution in [0.3, 0.4) is 0 Å². The van der Waals surface area contributed by atoms with Gasteiger partial charge < -0.3 is 145 Å². The van der Waals surface area contributed by atoms with Gasteiger partial charge >= 0.3 is 5.97 Å². The number of aliphatic hydroxyl groups excluding tert-OH is 2. The number of hydrogen-bond acceptors (Lipinski definition) is 25. The predicted molar refractivity (Wildman–Crippen MR) is 437 cm³/mol. The van der Waals surface area contributed by atoms with E-state index in [1.54, 1.807) is 20.8 Å². The highest BCUT2D eigenvalue weighted by atomic mass is 16.4. The van der Waals surface area contributed by atoms with Crippen molar-refractivity contribution in [2.45, 2.75) is 299 Å². The molecule has 2 saturated heterocycles. The van der Waals surface area contributed by atoms with Gasteiger partial charge in [0.1, 0.15) is 103 Å². The third kappa shape index (κ3) is 39.9. The van der Waals surface area contributed by atoms with Crippen LogP contribution in [0.25, 0.3) is 0 Å². The summed E-state index contributed by atoms with van der Waals surface area (Å²) < 4.78 is 0. The quantitative estimate of drug-likeness (QED) is 0.0199. The number of carbonyl (C=O) groups is 17. The fourth-order valence-corrected chi connectivity index (χ4v) is 13.4. The van der Waals surface area contributed by atoms with Crippen LogP contribution in [0.15, 0.2) is 0 Å². The maximum atomic E-state index is 14.4. The van der Waals surface area contributed by atoms with E-state index in [4.69, 9.17) is 28.7 Å². The molecule has 2 fully saturated rings. The van der Waals surface area contributed by atoms with Crippen molar-refractivity contribution in [1.29, 1.82) is 0 Å². The minimum absolute atomic E-state index is 0.00847. The number of carboxylic acids is 1. The molecule has 121 heavy (non-hydrogen) atoms. The standard InChI is InChI=1S/C75H140N26O20/c1-39(2)37-52(96-66(113)51(28-29-56(79)104)93-62(109)47(22-12-15-31-77)91-64(111)50(25-18-33-85-75(82)83)94-69(116)54-26-19-35-100(54)71(118)40(3)78)67(114)88-43(6)60(107)98-57(45(8)103)70(117)95-46(21-11-14-30-76)61(108)87-41(4)58(105)86-42(5)59(106)90-49(24-17-32-84-74(80)81)63(110)92-48(23-13-16-34-99(9)10)65(112)97-53(38-102)68(115)89-44(7)72(119)101-36-20-27-55(101)73(120)121/h39-55,57,74-75,84-85,102-103H,11-38,76-78,80-83H2,1-10H3,(H2,79,104)(H,86,105)(H,87,108)(H,88,114)(H,89,115)(H,90,106)(H,91,111)(H,92,110)(H,93,109)(H,94,116)(H,95,117)(H,96,113)(H,97,112)(H,98,107)(H,120,121)/p+4/t40-,41-,42-,43-,44-,45+,46-,47-,48-,49-,50-,51-,52-,53-,54-,55-,57-/m0/s1. The number of hydrogen-bond donors (Lipinski definition) is 27. The van der Waals surface area contributed by atoms with E-state index >= 15 is 0 Å². The van der Waals surface area contributed by atoms with Gasteiger partial charge in [-0.3, -0.25) is 87.3 Å². The second kappa shape index (κ2) is 56.2. The second-order valence-corrected chi connectivity index (χ2v) is 32.0. The summed E-state index contributed by atoms with van der Waals surface area (Å²) in [4.78, 5) is 237. The Labute approximate surface area is 706 Å². The molecule has 0 aromatic heterocycles. The number of aliphatic carboxylic acids is 1. The first-order chi connectivity index (χ1) is 56.9. The monoisotopic (exact) mass is 1730 g/mol. The van der Waals surface area contributed by atoms with Gasteiger partial charge in [0.25, 0.3) is 5.91 Å². The number of nitrogens with zero attached hydrogens (tertiary/aromatic N) is 2. The molecular formula is C75H144N26O20+4. The zero-order chi connectivity index (χ0) is 91.5. The van der Waals surface area contributed by atoms with Gasteiger partial charge in [0.05, 0.1) is 46.4 Å². The minimum Gasteiger partial charge on any atom is -0.480 e. The first kappa shape index (κ1) is 108. The molecule has 0 aliphatic carbocycles. The maximum absolute atomic E-state index is 14.4. The van der Waals surface area contributed by atoms with Crippen molar-refractivity contribution in [1.82, 2.24) is 89.6 Å². The molecule has 2 aliphatic heterocycles. The van der Waals surface area contributed by atoms with Crippen molar-refractivity contribution in [3.05, 3.63) is 0 Å². The van der Waals surface area contributed by atoms with Crippen LogP contribution in [0.5, 0.6) is 0 Å². The molecule has 46 heteroatoms. The van der Waals surface area contributed by atoms with Gasteiger partial charge in [-0.2, -0.15) is 0 Å². The smallest absolute Gasteiger partial charge is 0.326 e. The number of primary amides is 1. The lowest BCUT2D eigenvalue weighted by atomic mass is 10.0. The maximum Gasteiger partial charge on any atom is 0.326 e. The van der Waals surface area contributed by atoms with Gasteiger partial charge in [-0.25, -0.2) is 4.79 Å². The summed E-state index contributed by atoms with van der Waals surface area (Å²) in [5.41, 5.74) is 39.7. The first-order valence-electron chi connectivity index (χ1n) is 42.0. The molecule has 46 nitrogen and oxygen atoms in total. The SMILES string of the molecule is CC(C)C[C@H](NC(=O)[C@H](CCC(N)=O)NC(=O)[C@H](CCCC[NH3+])NC(=O)[C@H](CCCNC(N)N)NC(=O)[C@@H]1CCCN1C(=O)[C@H](C)[NH3+])C(=O)N[C@@H](C)C(=O)N[C@H](C(=O)N[C@@H](CCCC[NH3+])C(=O)N[C@@H](C)C(=O)N[C@@H](C)C(=O)N[C@@H](CCCNC(N)N)C(=O)N[C@@H](CCCC[NH+](C)C)C(=O)N[C@@H](CO)C(=O)N[C@@H](C)C(=O)N1CCC[C@H]1C(=O)O)[C@@H](C)O. The van der Waals surface area contributed by atoms with Crippen molar-refractivity contribution in [3.63, 3.8) is 0 Å². The summed E-state index contributed by atoms with van der Waals surface area (Å²) in [5.74, 6) is -15.2. The van der Waals surface area contributed by atoms with Crippen LogP contribution in [0.4, 0.5) is 0 Å². The Hall–Kier alpha value is -9.49. The number of carboxylic acid groups (broad SMARTS) is 1. The Morgan fingerprint density at radius 1 is 0.421 bits per heavy atom. The average Bonchev–Trinajstić information content (AvgIpc) is 1.70. The molecule has 0 aromatic carbocycles. The Morgan fingerprint density at radius 3 is 1.18 bits per heavy atom. The van der Waals surface area contributed by atoms with Gasteiger partial charge in [-0.05, 0) is 183 Å². The summed E-state index contributed by atoms with van der Waals surface area (Å²) in [6.45, 7) is 12.7. The van der Waals surface area contributed by atoms with E-state index in [9.17, 15) is 96.8 Å². The number of nitrogens with one attached hydrogen (secondary N) is 16. The zero-order valence-corrected chi connectivity index (χ0v) is 72.0. The number of nitrogens with two attached hydrogens (primary N) is 5. The minimum atomic E-state index is -1.80. The van der Waals surface area contributed by atoms with Crippen molar-refractivity contribution < 1.29 is 119 Å². The van der Waals surface area contributed by atoms with Crippen molar-refractivity contribution in [3.8, 4) is 0 Å². The molecule has 0 aromatic rings. The van der Waals surface area contributed by atoms with Crippen LogP contribution >= 0.6 is 0 Å². The van der Waals surface area contributed by atoms with E-state index in [0.29, 0.717) is 84.0 Å². The second-order valence-electron chi connectivity index (χ2n) is 32.0. The highest BCUT2D eigenvalue weighted by Gasteiger charge is 2.42. The van der Waals surface area contributed by atoms with E-state index in [-0.39, 0.29) is 89.2 Å². The third-order valence-corrected chi connectivity index (χ3v) is 20.3. The topological polar surface area (TPSA) is 755 Å². The molecule has 0 spiro atoms. The summed E-state index contributed by atoms with van der Waals surface area (Å²) >= 11 is 0. The van der Waals surface area contributed by atoms with Crippen molar-refractivity contribution >= 4 is 100 Å². The third-order valence-electron chi connectivity index (χ3n) is 20.3. The molecule has 0 saturated carbocycles. The van der Waals surface area contributed by atoms with Crippen LogP contribution in [0.1, 0.15) is 184 Å². The van der Waals surface area contributed by atoms with Gasteiger partial charge in [0.2, 0.25) is 88.6 Å². The fourth-order valence-electron chi connectivity index (χ4n) is 13.4. The Bertz CT molecular complexity index is 3390. The van der Waals surface area contributed by atoms with Crippen LogP contribution in [-0.4, -0.2) is 307 Å². The fraction of sp³-hybridized carbons (Fsp3) is 0.773. The van der Waals surface area contributed by atoms with Crippen LogP contribution < -0.4 is 131 Å². The highest BCUT2D eigenvalue weighted by molar-refractivity contribution is 6.01. The lowest BCUT2D eigenvalue weighted by molar-refractivity contribution is -0.858. The Kier molecular flexibility index (Phi) is 50.0. The van der Waals surface area contributed by atoms with E-state index in [1.165, 1.54) is 32.6 Å². The number of amides is 16. The summed E-state index contributed by atoms with van der Waals surface area (Å²) in [6.07, 6.45) is -0.0462. The Morgan fingerprint density at radius 2 is 0.769 bits per heavy atom. The predicted octanol–water partition coefficient (Wildman–Crippen LogP) is -14.0. The molecule has 2 aliphatic rings. The number of unbranched alkanes of at least 4 members (excludes halogenated alkanes) is 3. The highest BCUT2D eigenvalue weighted by Crippen LogP contribution is 2.21. The molecule has 0 bridgehead atoms. The van der Waals surface area contributed by atoms with E-state index < -0.39 is 229 Å². The molecule has 0 radical (unpaired) electrons. The van der Waals surface area contributed by atoms with Crippen molar-refractivity contribution in [2.24, 2.45) is 34.6 Å². The lowest BCUT2D eigenvalue weighted by Crippen LogP contribution is -3.05. The van der Waals surface area contributed by atoms with Crippen LogP contribution in [0.2, 0.25) is 0 Å². The molecule has 0 unspecified atom stereocenters. The summed E-state index contributed by atoms with van der Waals surface area (Å²) in [7, 11) is 3.82. The molecule has 2 rings (SSSR count). The lowest BCUT2D eigenvalue weighted by Gasteiger charge is -2.29. The summed E-state index contributed by atoms with van der Waals surface area (Å²) in [5, 5.41) is 69.6. The number of likely N-dealkylation sites (tertiary alicyclic amines) is 2. The van der Waals surface area contributed by atoms with Gasteiger partial charge in [0, 0.05) is 19.5 Å².